The second kappa shape index (κ2) is 6.35. The molecule has 1 amide bonds. The number of aryl methyl sites for hydroxylation is 1. The van der Waals surface area contributed by atoms with Gasteiger partial charge in [-0.2, -0.15) is 0 Å². The van der Waals surface area contributed by atoms with Gasteiger partial charge in [0, 0.05) is 17.3 Å². The molecule has 2 rings (SSSR count). The maximum atomic E-state index is 13.1. The minimum atomic E-state index is -0.742. The van der Waals surface area contributed by atoms with E-state index in [-0.39, 0.29) is 5.69 Å². The Labute approximate surface area is 121 Å². The number of rotatable bonds is 4. The lowest BCUT2D eigenvalue weighted by molar-refractivity contribution is 0.102. The Bertz CT molecular complexity index is 651. The molecule has 0 aromatic heterocycles. The molecule has 0 atom stereocenters. The average Bonchev–Trinajstić information content (AvgIpc) is 2.40. The highest BCUT2D eigenvalue weighted by Crippen LogP contribution is 2.20. The summed E-state index contributed by atoms with van der Waals surface area (Å²) in [5.41, 5.74) is 1.28. The van der Waals surface area contributed by atoms with E-state index in [2.05, 4.69) is 5.32 Å². The Morgan fingerprint density at radius 2 is 1.81 bits per heavy atom. The molecule has 21 heavy (non-hydrogen) atoms. The Hall–Kier alpha value is -2.43. The first-order chi connectivity index (χ1) is 9.99. The summed E-state index contributed by atoms with van der Waals surface area (Å²) in [6.45, 7) is 4.23. The van der Waals surface area contributed by atoms with Gasteiger partial charge in [-0.1, -0.05) is 0 Å². The molecule has 110 valence electrons. The van der Waals surface area contributed by atoms with Crippen LogP contribution >= 0.6 is 0 Å². The Morgan fingerprint density at radius 1 is 1.14 bits per heavy atom. The van der Waals surface area contributed by atoms with Crippen LogP contribution in [0.4, 0.5) is 14.5 Å². The molecular formula is C16H15F2NO2. The van der Waals surface area contributed by atoms with Crippen molar-refractivity contribution in [2.75, 3.05) is 11.9 Å². The second-order valence-corrected chi connectivity index (χ2v) is 4.53. The molecule has 0 heterocycles. The van der Waals surface area contributed by atoms with Gasteiger partial charge >= 0.3 is 0 Å². The van der Waals surface area contributed by atoms with Crippen LogP contribution in [0.3, 0.4) is 0 Å². The van der Waals surface area contributed by atoms with Crippen LogP contribution in [0.5, 0.6) is 5.75 Å². The molecular weight excluding hydrogens is 276 g/mol. The maximum Gasteiger partial charge on any atom is 0.255 e. The summed E-state index contributed by atoms with van der Waals surface area (Å²) in [7, 11) is 0. The van der Waals surface area contributed by atoms with Gasteiger partial charge in [-0.3, -0.25) is 4.79 Å². The molecule has 0 aliphatic rings. The number of nitrogens with one attached hydrogen (secondary N) is 1. The Balaban J connectivity index is 2.18. The van der Waals surface area contributed by atoms with E-state index in [0.29, 0.717) is 17.9 Å². The first-order valence-electron chi connectivity index (χ1n) is 6.50. The second-order valence-electron chi connectivity index (χ2n) is 4.53. The monoisotopic (exact) mass is 291 g/mol. The van der Waals surface area contributed by atoms with E-state index in [1.54, 1.807) is 18.2 Å². The molecule has 1 N–H and O–H groups in total. The van der Waals surface area contributed by atoms with Crippen LogP contribution in [-0.2, 0) is 0 Å². The third-order valence-electron chi connectivity index (χ3n) is 2.86. The zero-order valence-electron chi connectivity index (χ0n) is 11.7. The minimum absolute atomic E-state index is 0.0732. The topological polar surface area (TPSA) is 38.3 Å². The normalized spacial score (nSPS) is 10.3. The lowest BCUT2D eigenvalue weighted by Crippen LogP contribution is -2.12. The standard InChI is InChI=1S/C16H15F2NO2/c1-3-21-15-5-4-11(6-10(15)2)16(20)19-14-8-12(17)7-13(18)9-14/h4-9H,3H2,1-2H3,(H,19,20). The van der Waals surface area contributed by atoms with Crippen molar-refractivity contribution in [3.8, 4) is 5.75 Å². The molecule has 0 saturated carbocycles. The van der Waals surface area contributed by atoms with Crippen molar-refractivity contribution >= 4 is 11.6 Å². The van der Waals surface area contributed by atoms with Gasteiger partial charge in [0.15, 0.2) is 0 Å². The van der Waals surface area contributed by atoms with Crippen molar-refractivity contribution in [2.45, 2.75) is 13.8 Å². The highest BCUT2D eigenvalue weighted by Gasteiger charge is 2.10. The van der Waals surface area contributed by atoms with Crippen molar-refractivity contribution in [3.05, 3.63) is 59.2 Å². The molecule has 3 nitrogen and oxygen atoms in total. The number of benzene rings is 2. The van der Waals surface area contributed by atoms with Crippen LogP contribution in [0, 0.1) is 18.6 Å². The molecule has 0 aliphatic carbocycles. The number of hydrogen-bond donors (Lipinski definition) is 1. The van der Waals surface area contributed by atoms with Gasteiger partial charge in [0.2, 0.25) is 0 Å². The fourth-order valence-electron chi connectivity index (χ4n) is 1.94. The van der Waals surface area contributed by atoms with E-state index in [0.717, 1.165) is 23.8 Å². The van der Waals surface area contributed by atoms with Crippen molar-refractivity contribution in [3.63, 3.8) is 0 Å². The number of amides is 1. The van der Waals surface area contributed by atoms with Crippen LogP contribution in [0.15, 0.2) is 36.4 Å². The first kappa shape index (κ1) is 15.0. The molecule has 0 spiro atoms. The van der Waals surface area contributed by atoms with Crippen molar-refractivity contribution in [2.24, 2.45) is 0 Å². The van der Waals surface area contributed by atoms with E-state index < -0.39 is 17.5 Å². The predicted octanol–water partition coefficient (Wildman–Crippen LogP) is 3.92. The zero-order valence-corrected chi connectivity index (χ0v) is 11.7. The maximum absolute atomic E-state index is 13.1. The molecule has 2 aromatic rings. The fourth-order valence-corrected chi connectivity index (χ4v) is 1.94. The van der Waals surface area contributed by atoms with Crippen LogP contribution in [0.2, 0.25) is 0 Å². The number of halogens is 2. The summed E-state index contributed by atoms with van der Waals surface area (Å²) in [5, 5.41) is 2.46. The zero-order chi connectivity index (χ0) is 15.4. The Morgan fingerprint density at radius 3 is 2.38 bits per heavy atom. The van der Waals surface area contributed by atoms with Gasteiger partial charge in [-0.05, 0) is 49.7 Å². The van der Waals surface area contributed by atoms with Crippen LogP contribution < -0.4 is 10.1 Å². The quantitative estimate of drug-likeness (QED) is 0.927. The molecule has 5 heteroatoms. The number of carbonyl (C=O) groups excluding carboxylic acids is 1. The molecule has 0 bridgehead atoms. The SMILES string of the molecule is CCOc1ccc(C(=O)Nc2cc(F)cc(F)c2)cc1C. The molecule has 0 saturated heterocycles. The van der Waals surface area contributed by atoms with Gasteiger partial charge in [0.05, 0.1) is 6.61 Å². The number of ether oxygens (including phenoxy) is 1. The molecule has 0 unspecified atom stereocenters. The summed E-state index contributed by atoms with van der Waals surface area (Å²) in [4.78, 5) is 12.1. The fraction of sp³-hybridized carbons (Fsp3) is 0.188. The minimum Gasteiger partial charge on any atom is -0.494 e. The van der Waals surface area contributed by atoms with E-state index in [4.69, 9.17) is 4.74 Å². The molecule has 2 aromatic carbocycles. The van der Waals surface area contributed by atoms with E-state index >= 15 is 0 Å². The highest BCUT2D eigenvalue weighted by atomic mass is 19.1. The van der Waals surface area contributed by atoms with Gasteiger partial charge in [0.25, 0.3) is 5.91 Å². The largest absolute Gasteiger partial charge is 0.494 e. The summed E-state index contributed by atoms with van der Waals surface area (Å²) in [5.74, 6) is -1.22. The van der Waals surface area contributed by atoms with Crippen LogP contribution in [0.1, 0.15) is 22.8 Å². The van der Waals surface area contributed by atoms with Gasteiger partial charge in [-0.15, -0.1) is 0 Å². The van der Waals surface area contributed by atoms with Crippen molar-refractivity contribution in [1.82, 2.24) is 0 Å². The third kappa shape index (κ3) is 3.78. The van der Waals surface area contributed by atoms with Crippen molar-refractivity contribution in [1.29, 1.82) is 0 Å². The lowest BCUT2D eigenvalue weighted by Gasteiger charge is -2.10. The summed E-state index contributed by atoms with van der Waals surface area (Å²) in [6, 6.07) is 7.82. The average molecular weight is 291 g/mol. The number of anilines is 1. The molecule has 0 aliphatic heterocycles. The van der Waals surface area contributed by atoms with Gasteiger partial charge in [0.1, 0.15) is 17.4 Å². The highest BCUT2D eigenvalue weighted by molar-refractivity contribution is 6.04. The number of hydrogen-bond acceptors (Lipinski definition) is 2. The van der Waals surface area contributed by atoms with Crippen molar-refractivity contribution < 1.29 is 18.3 Å². The Kier molecular flexibility index (Phi) is 4.52. The molecule has 0 fully saturated rings. The van der Waals surface area contributed by atoms with Gasteiger partial charge < -0.3 is 10.1 Å². The van der Waals surface area contributed by atoms with E-state index in [1.807, 2.05) is 13.8 Å². The summed E-state index contributed by atoms with van der Waals surface area (Å²) in [6.07, 6.45) is 0. The first-order valence-corrected chi connectivity index (χ1v) is 6.50. The lowest BCUT2D eigenvalue weighted by atomic mass is 10.1. The molecule has 0 radical (unpaired) electrons. The predicted molar refractivity (Wildman–Crippen MR) is 76.7 cm³/mol. The van der Waals surface area contributed by atoms with Gasteiger partial charge in [-0.25, -0.2) is 8.78 Å². The van der Waals surface area contributed by atoms with E-state index in [1.165, 1.54) is 0 Å². The van der Waals surface area contributed by atoms with Crippen LogP contribution in [0.25, 0.3) is 0 Å². The third-order valence-corrected chi connectivity index (χ3v) is 2.86. The van der Waals surface area contributed by atoms with Crippen LogP contribution in [-0.4, -0.2) is 12.5 Å². The number of carbonyl (C=O) groups is 1. The summed E-state index contributed by atoms with van der Waals surface area (Å²) >= 11 is 0. The smallest absolute Gasteiger partial charge is 0.255 e. The summed E-state index contributed by atoms with van der Waals surface area (Å²) < 4.78 is 31.5. The van der Waals surface area contributed by atoms with E-state index in [9.17, 15) is 13.6 Å².